The lowest BCUT2D eigenvalue weighted by Crippen LogP contribution is -2.46. The first kappa shape index (κ1) is 16.1. The van der Waals surface area contributed by atoms with Gasteiger partial charge in [-0.05, 0) is 43.5 Å². The van der Waals surface area contributed by atoms with Gasteiger partial charge in [0.15, 0.2) is 11.6 Å². The van der Waals surface area contributed by atoms with Gasteiger partial charge in [0.2, 0.25) is 11.8 Å². The Balaban J connectivity index is 1.66. The average Bonchev–Trinajstić information content (AvgIpc) is 3.07. The molecule has 3 aliphatic rings. The molecule has 1 aromatic rings. The molecule has 1 unspecified atom stereocenters. The summed E-state index contributed by atoms with van der Waals surface area (Å²) in [5.74, 6) is -3.13. The van der Waals surface area contributed by atoms with Gasteiger partial charge in [-0.2, -0.15) is 0 Å². The third kappa shape index (κ3) is 2.43. The number of hydrogen-bond acceptors (Lipinski definition) is 5. The highest BCUT2D eigenvalue weighted by Crippen LogP contribution is 2.38. The van der Waals surface area contributed by atoms with E-state index in [0.29, 0.717) is 17.2 Å². The SMILES string of the molecule is CC(C)N1Cc2cc3c(cc2C1)C(=O)C(C1CCC(=O)NC1=O)C3=O. The summed E-state index contributed by atoms with van der Waals surface area (Å²) in [6.07, 6.45) is 0.422. The molecule has 1 fully saturated rings. The first-order chi connectivity index (χ1) is 11.9. The van der Waals surface area contributed by atoms with Crippen LogP contribution >= 0.6 is 0 Å². The Morgan fingerprint density at radius 1 is 1.00 bits per heavy atom. The number of rotatable bonds is 2. The van der Waals surface area contributed by atoms with Crippen molar-refractivity contribution in [1.82, 2.24) is 10.2 Å². The van der Waals surface area contributed by atoms with Crippen molar-refractivity contribution in [3.8, 4) is 0 Å². The molecule has 1 aromatic carbocycles. The Bertz CT molecular complexity index is 782. The predicted molar refractivity (Wildman–Crippen MR) is 88.8 cm³/mol. The second kappa shape index (κ2) is 5.59. The Morgan fingerprint density at radius 2 is 1.56 bits per heavy atom. The Morgan fingerprint density at radius 3 is 2.04 bits per heavy atom. The monoisotopic (exact) mass is 340 g/mol. The number of piperidine rings is 1. The first-order valence-electron chi connectivity index (χ1n) is 8.68. The summed E-state index contributed by atoms with van der Waals surface area (Å²) in [5, 5.41) is 2.25. The fourth-order valence-corrected chi connectivity index (χ4v) is 4.10. The van der Waals surface area contributed by atoms with Crippen molar-refractivity contribution in [2.75, 3.05) is 0 Å². The highest BCUT2D eigenvalue weighted by molar-refractivity contribution is 6.28. The van der Waals surface area contributed by atoms with Crippen LogP contribution in [0.3, 0.4) is 0 Å². The third-order valence-corrected chi connectivity index (χ3v) is 5.60. The molecular formula is C19H20N2O4. The van der Waals surface area contributed by atoms with E-state index < -0.39 is 17.7 Å². The number of hydrogen-bond donors (Lipinski definition) is 1. The molecule has 1 N–H and O–H groups in total. The highest BCUT2D eigenvalue weighted by atomic mass is 16.2. The zero-order chi connectivity index (χ0) is 17.9. The maximum Gasteiger partial charge on any atom is 0.230 e. The molecule has 0 bridgehead atoms. The minimum atomic E-state index is -0.980. The number of nitrogens with zero attached hydrogens (tertiary/aromatic N) is 1. The predicted octanol–water partition coefficient (Wildman–Crippen LogP) is 1.46. The van der Waals surface area contributed by atoms with Crippen LogP contribution in [-0.2, 0) is 22.7 Å². The van der Waals surface area contributed by atoms with Crippen LogP contribution in [0.4, 0.5) is 0 Å². The fourth-order valence-electron chi connectivity index (χ4n) is 4.10. The van der Waals surface area contributed by atoms with Gasteiger partial charge in [-0.3, -0.25) is 29.4 Å². The topological polar surface area (TPSA) is 83.6 Å². The van der Waals surface area contributed by atoms with Gasteiger partial charge >= 0.3 is 0 Å². The van der Waals surface area contributed by atoms with Crippen LogP contribution in [0.5, 0.6) is 0 Å². The van der Waals surface area contributed by atoms with Gasteiger partial charge < -0.3 is 0 Å². The summed E-state index contributed by atoms with van der Waals surface area (Å²) >= 11 is 0. The molecule has 130 valence electrons. The quantitative estimate of drug-likeness (QED) is 0.651. The lowest BCUT2D eigenvalue weighted by molar-refractivity contribution is -0.137. The van der Waals surface area contributed by atoms with Crippen LogP contribution in [0.25, 0.3) is 0 Å². The second-order valence-electron chi connectivity index (χ2n) is 7.43. The number of nitrogens with one attached hydrogen (secondary N) is 1. The normalized spacial score (nSPS) is 24.0. The molecule has 1 saturated heterocycles. The molecule has 25 heavy (non-hydrogen) atoms. The van der Waals surface area contributed by atoms with Gasteiger partial charge in [0.25, 0.3) is 0 Å². The second-order valence-corrected chi connectivity index (χ2v) is 7.43. The average molecular weight is 340 g/mol. The van der Waals surface area contributed by atoms with E-state index in [2.05, 4.69) is 24.1 Å². The smallest absolute Gasteiger partial charge is 0.230 e. The van der Waals surface area contributed by atoms with Gasteiger partial charge in [0, 0.05) is 36.7 Å². The summed E-state index contributed by atoms with van der Waals surface area (Å²) in [7, 11) is 0. The van der Waals surface area contributed by atoms with Gasteiger partial charge in [0.05, 0.1) is 11.8 Å². The van der Waals surface area contributed by atoms with Crippen molar-refractivity contribution in [2.45, 2.75) is 45.8 Å². The van der Waals surface area contributed by atoms with E-state index in [9.17, 15) is 19.2 Å². The minimum Gasteiger partial charge on any atom is -0.296 e. The van der Waals surface area contributed by atoms with Crippen LogP contribution in [0.15, 0.2) is 12.1 Å². The minimum absolute atomic E-state index is 0.170. The largest absolute Gasteiger partial charge is 0.296 e. The molecule has 2 aliphatic heterocycles. The number of imide groups is 1. The van der Waals surface area contributed by atoms with Crippen molar-refractivity contribution in [2.24, 2.45) is 11.8 Å². The standard InChI is InChI=1S/C19H20N2O4/c1-9(2)21-7-10-5-13-14(6-11(10)8-21)18(24)16(17(13)23)12-3-4-15(22)20-19(12)25/h5-6,9,12,16H,3-4,7-8H2,1-2H3,(H,20,22,25). The number of fused-ring (bicyclic) bond motifs is 2. The Kier molecular flexibility index (Phi) is 3.61. The molecule has 1 aliphatic carbocycles. The van der Waals surface area contributed by atoms with E-state index in [-0.39, 0.29) is 30.3 Å². The number of amides is 2. The molecule has 6 heteroatoms. The highest BCUT2D eigenvalue weighted by Gasteiger charge is 2.48. The van der Waals surface area contributed by atoms with Crippen LogP contribution in [0.1, 0.15) is 58.5 Å². The molecule has 1 atom stereocenters. The van der Waals surface area contributed by atoms with E-state index in [4.69, 9.17) is 0 Å². The Labute approximate surface area is 145 Å². The van der Waals surface area contributed by atoms with Gasteiger partial charge in [-0.25, -0.2) is 0 Å². The Hall–Kier alpha value is -2.34. The van der Waals surface area contributed by atoms with E-state index >= 15 is 0 Å². The molecule has 0 spiro atoms. The van der Waals surface area contributed by atoms with Crippen LogP contribution in [0.2, 0.25) is 0 Å². The van der Waals surface area contributed by atoms with Crippen molar-refractivity contribution in [3.63, 3.8) is 0 Å². The van der Waals surface area contributed by atoms with Gasteiger partial charge in [-0.1, -0.05) is 0 Å². The number of benzene rings is 1. The summed E-state index contributed by atoms with van der Waals surface area (Å²) in [6.45, 7) is 5.78. The third-order valence-electron chi connectivity index (χ3n) is 5.60. The van der Waals surface area contributed by atoms with E-state index in [1.165, 1.54) is 0 Å². The molecule has 4 rings (SSSR count). The van der Waals surface area contributed by atoms with Crippen LogP contribution in [-0.4, -0.2) is 34.3 Å². The fraction of sp³-hybridized carbons (Fsp3) is 0.474. The van der Waals surface area contributed by atoms with Gasteiger partial charge in [0.1, 0.15) is 0 Å². The number of ketones is 2. The van der Waals surface area contributed by atoms with E-state index in [0.717, 1.165) is 24.2 Å². The molecule has 2 heterocycles. The molecular weight excluding hydrogens is 320 g/mol. The molecule has 6 nitrogen and oxygen atoms in total. The summed E-state index contributed by atoms with van der Waals surface area (Å²) in [5.41, 5.74) is 3.03. The lowest BCUT2D eigenvalue weighted by atomic mass is 9.82. The maximum atomic E-state index is 12.8. The van der Waals surface area contributed by atoms with E-state index in [1.807, 2.05) is 12.1 Å². The van der Waals surface area contributed by atoms with Crippen molar-refractivity contribution >= 4 is 23.4 Å². The molecule has 0 saturated carbocycles. The summed E-state index contributed by atoms with van der Waals surface area (Å²) in [4.78, 5) is 51.4. The van der Waals surface area contributed by atoms with Crippen molar-refractivity contribution in [1.29, 1.82) is 0 Å². The molecule has 0 radical (unpaired) electrons. The van der Waals surface area contributed by atoms with Gasteiger partial charge in [-0.15, -0.1) is 0 Å². The van der Waals surface area contributed by atoms with Crippen molar-refractivity contribution < 1.29 is 19.2 Å². The number of carbonyl (C=O) groups excluding carboxylic acids is 4. The molecule has 0 aromatic heterocycles. The first-order valence-corrected chi connectivity index (χ1v) is 8.68. The number of Topliss-reactive ketones (excluding diaryl/α,β-unsaturated/α-hetero) is 2. The van der Waals surface area contributed by atoms with Crippen molar-refractivity contribution in [3.05, 3.63) is 34.4 Å². The maximum absolute atomic E-state index is 12.8. The summed E-state index contributed by atoms with van der Waals surface area (Å²) in [6, 6.07) is 4.06. The van der Waals surface area contributed by atoms with Crippen LogP contribution in [0, 0.1) is 11.8 Å². The van der Waals surface area contributed by atoms with E-state index in [1.54, 1.807) is 0 Å². The molecule has 2 amide bonds. The summed E-state index contributed by atoms with van der Waals surface area (Å²) < 4.78 is 0. The zero-order valence-electron chi connectivity index (χ0n) is 14.3. The number of carbonyl (C=O) groups is 4. The van der Waals surface area contributed by atoms with Crippen LogP contribution < -0.4 is 5.32 Å². The lowest BCUT2D eigenvalue weighted by Gasteiger charge is -2.24. The zero-order valence-corrected chi connectivity index (χ0v) is 14.3.